The number of amides is 2. The van der Waals surface area contributed by atoms with E-state index in [1.165, 1.54) is 4.90 Å². The summed E-state index contributed by atoms with van der Waals surface area (Å²) in [6, 6.07) is 6.80. The molecule has 0 aliphatic carbocycles. The maximum absolute atomic E-state index is 11.9. The Balaban J connectivity index is 1.87. The van der Waals surface area contributed by atoms with Gasteiger partial charge in [-0.3, -0.25) is 14.4 Å². The number of hydrogen-bond donors (Lipinski definition) is 3. The summed E-state index contributed by atoms with van der Waals surface area (Å²) in [6.45, 7) is -1.06. The van der Waals surface area contributed by atoms with Gasteiger partial charge >= 0.3 is 11.9 Å². The summed E-state index contributed by atoms with van der Waals surface area (Å²) >= 11 is 0. The van der Waals surface area contributed by atoms with Crippen molar-refractivity contribution in [3.05, 3.63) is 24.3 Å². The van der Waals surface area contributed by atoms with Crippen LogP contribution >= 0.6 is 0 Å². The topological polar surface area (TPSA) is 125 Å². The van der Waals surface area contributed by atoms with E-state index in [1.54, 1.807) is 24.3 Å². The van der Waals surface area contributed by atoms with Gasteiger partial charge in [0.15, 0.2) is 5.75 Å². The third kappa shape index (κ3) is 4.70. The quantitative estimate of drug-likeness (QED) is 0.440. The number of para-hydroxylation sites is 2. The van der Waals surface area contributed by atoms with Crippen molar-refractivity contribution < 1.29 is 29.0 Å². The minimum Gasteiger partial charge on any atom is -0.480 e. The number of hydrogen-bond acceptors (Lipinski definition) is 6. The highest BCUT2D eigenvalue weighted by Gasteiger charge is 2.25. The van der Waals surface area contributed by atoms with Gasteiger partial charge < -0.3 is 25.4 Å². The zero-order valence-corrected chi connectivity index (χ0v) is 12.1. The van der Waals surface area contributed by atoms with Gasteiger partial charge in [-0.2, -0.15) is 0 Å². The molecule has 0 aromatic heterocycles. The lowest BCUT2D eigenvalue weighted by atomic mass is 10.2. The number of anilines is 1. The Morgan fingerprint density at radius 1 is 1.13 bits per heavy atom. The summed E-state index contributed by atoms with van der Waals surface area (Å²) in [6.07, 6.45) is 0. The van der Waals surface area contributed by atoms with E-state index in [-0.39, 0.29) is 19.6 Å². The van der Waals surface area contributed by atoms with Crippen LogP contribution in [0.5, 0.6) is 5.75 Å². The minimum atomic E-state index is -1.17. The number of rotatable bonds is 6. The van der Waals surface area contributed by atoms with E-state index < -0.39 is 30.3 Å². The van der Waals surface area contributed by atoms with E-state index in [1.807, 2.05) is 0 Å². The molecule has 0 radical (unpaired) electrons. The molecule has 0 spiro atoms. The van der Waals surface area contributed by atoms with Crippen LogP contribution in [0.2, 0.25) is 0 Å². The van der Waals surface area contributed by atoms with Gasteiger partial charge in [-0.25, -0.2) is 4.79 Å². The summed E-state index contributed by atoms with van der Waals surface area (Å²) in [7, 11) is 0. The molecule has 1 aromatic rings. The van der Waals surface area contributed by atoms with Crippen LogP contribution in [0.15, 0.2) is 24.3 Å². The molecule has 0 atom stereocenters. The van der Waals surface area contributed by atoms with E-state index in [0.29, 0.717) is 11.4 Å². The fraction of sp³-hybridized carbons (Fsp3) is 0.286. The number of carbonyl (C=O) groups is 4. The van der Waals surface area contributed by atoms with Crippen molar-refractivity contribution >= 4 is 29.4 Å². The van der Waals surface area contributed by atoms with Gasteiger partial charge in [0, 0.05) is 0 Å². The van der Waals surface area contributed by atoms with Crippen LogP contribution in [0, 0.1) is 0 Å². The van der Waals surface area contributed by atoms with Crippen molar-refractivity contribution in [3.63, 3.8) is 0 Å². The second kappa shape index (κ2) is 7.25. The molecule has 0 fully saturated rings. The Kier molecular flexibility index (Phi) is 5.13. The van der Waals surface area contributed by atoms with Crippen LogP contribution in [0.1, 0.15) is 0 Å². The molecule has 0 unspecified atom stereocenters. The molecule has 2 amide bonds. The molecule has 23 heavy (non-hydrogen) atoms. The van der Waals surface area contributed by atoms with Gasteiger partial charge in [0.25, 0.3) is 0 Å². The first-order valence-corrected chi connectivity index (χ1v) is 6.75. The molecule has 9 heteroatoms. The molecule has 9 nitrogen and oxygen atoms in total. The lowest BCUT2D eigenvalue weighted by Crippen LogP contribution is -2.46. The van der Waals surface area contributed by atoms with Crippen LogP contribution in [0.3, 0.4) is 0 Å². The smallest absolute Gasteiger partial charge is 0.331 e. The van der Waals surface area contributed by atoms with Crippen LogP contribution in [0.25, 0.3) is 0 Å². The number of carboxylic acids is 1. The average molecular weight is 321 g/mol. The molecule has 122 valence electrons. The van der Waals surface area contributed by atoms with E-state index in [0.717, 1.165) is 0 Å². The van der Waals surface area contributed by atoms with E-state index in [9.17, 15) is 19.2 Å². The predicted octanol–water partition coefficient (Wildman–Crippen LogP) is -1.27. The Morgan fingerprint density at radius 2 is 1.83 bits per heavy atom. The molecule has 2 rings (SSSR count). The zero-order chi connectivity index (χ0) is 16.8. The monoisotopic (exact) mass is 321 g/mol. The molecule has 3 N–H and O–H groups in total. The number of benzene rings is 1. The fourth-order valence-electron chi connectivity index (χ4n) is 1.99. The Labute approximate surface area is 131 Å². The van der Waals surface area contributed by atoms with Crippen LogP contribution in [-0.4, -0.2) is 55.0 Å². The second-order valence-corrected chi connectivity index (χ2v) is 4.75. The molecule has 0 bridgehead atoms. The molecule has 1 aliphatic rings. The Hall–Kier alpha value is -3.10. The van der Waals surface area contributed by atoms with Crippen molar-refractivity contribution in [2.45, 2.75) is 0 Å². The molecule has 1 aromatic carbocycles. The Morgan fingerprint density at radius 3 is 2.57 bits per heavy atom. The van der Waals surface area contributed by atoms with Gasteiger partial charge in [0.2, 0.25) is 11.8 Å². The summed E-state index contributed by atoms with van der Waals surface area (Å²) < 4.78 is 5.06. The maximum Gasteiger partial charge on any atom is 0.331 e. The predicted molar refractivity (Wildman–Crippen MR) is 77.9 cm³/mol. The molecule has 1 heterocycles. The van der Waals surface area contributed by atoms with Gasteiger partial charge in [-0.05, 0) is 12.1 Å². The molecular weight excluding hydrogens is 306 g/mol. The number of esters is 1. The maximum atomic E-state index is 11.9. The number of fused-ring (bicyclic) bond motifs is 1. The number of nitrogens with one attached hydrogen (secondary N) is 2. The van der Waals surface area contributed by atoms with Crippen LogP contribution in [-0.2, 0) is 19.2 Å². The van der Waals surface area contributed by atoms with E-state index in [2.05, 4.69) is 10.6 Å². The van der Waals surface area contributed by atoms with Crippen molar-refractivity contribution in [2.24, 2.45) is 0 Å². The number of aliphatic carboxylic acids is 1. The van der Waals surface area contributed by atoms with Gasteiger partial charge in [-0.15, -0.1) is 0 Å². The lowest BCUT2D eigenvalue weighted by Gasteiger charge is -2.28. The van der Waals surface area contributed by atoms with Crippen molar-refractivity contribution in [1.29, 1.82) is 0 Å². The first-order valence-electron chi connectivity index (χ1n) is 6.75. The number of carboxylic acid groups (broad SMARTS) is 1. The van der Waals surface area contributed by atoms with Crippen molar-refractivity contribution in [1.82, 2.24) is 10.6 Å². The lowest BCUT2D eigenvalue weighted by molar-refractivity contribution is -0.137. The largest absolute Gasteiger partial charge is 0.480 e. The highest BCUT2D eigenvalue weighted by molar-refractivity contribution is 5.91. The SMILES string of the molecule is O=C(O)CNC(=O)CNC(=O)CN1CC(=O)Oc2ccccc21. The first-order chi connectivity index (χ1) is 11.0. The number of carbonyl (C=O) groups excluding carboxylic acids is 3. The van der Waals surface area contributed by atoms with Gasteiger partial charge in [-0.1, -0.05) is 12.1 Å². The normalized spacial score (nSPS) is 12.9. The fourth-order valence-corrected chi connectivity index (χ4v) is 1.99. The molecule has 1 aliphatic heterocycles. The first kappa shape index (κ1) is 16.3. The zero-order valence-electron chi connectivity index (χ0n) is 12.1. The van der Waals surface area contributed by atoms with Crippen LogP contribution in [0.4, 0.5) is 5.69 Å². The highest BCUT2D eigenvalue weighted by Crippen LogP contribution is 2.30. The molecule has 0 saturated carbocycles. The summed E-state index contributed by atoms with van der Waals surface area (Å²) in [5.74, 6) is -2.36. The minimum absolute atomic E-state index is 0.0738. The van der Waals surface area contributed by atoms with E-state index in [4.69, 9.17) is 9.84 Å². The highest BCUT2D eigenvalue weighted by atomic mass is 16.5. The van der Waals surface area contributed by atoms with Crippen molar-refractivity contribution in [3.8, 4) is 5.75 Å². The molecule has 0 saturated heterocycles. The standard InChI is InChI=1S/C14H15N3O6/c18-11(16-6-13(20)21)5-15-12(19)7-17-8-14(22)23-10-4-2-1-3-9(10)17/h1-4H,5-8H2,(H,15,19)(H,16,18)(H,20,21). The third-order valence-electron chi connectivity index (χ3n) is 2.97. The molecular formula is C14H15N3O6. The summed E-state index contributed by atoms with van der Waals surface area (Å²) in [4.78, 5) is 46.5. The third-order valence-corrected chi connectivity index (χ3v) is 2.97. The summed E-state index contributed by atoms with van der Waals surface area (Å²) in [5, 5.41) is 12.9. The summed E-state index contributed by atoms with van der Waals surface area (Å²) in [5.41, 5.74) is 0.609. The van der Waals surface area contributed by atoms with E-state index >= 15 is 0 Å². The van der Waals surface area contributed by atoms with Gasteiger partial charge in [0.1, 0.15) is 13.1 Å². The van der Waals surface area contributed by atoms with Gasteiger partial charge in [0.05, 0.1) is 18.8 Å². The number of nitrogens with zero attached hydrogens (tertiary/aromatic N) is 1. The van der Waals surface area contributed by atoms with Crippen LogP contribution < -0.4 is 20.3 Å². The Bertz CT molecular complexity index is 645. The second-order valence-electron chi connectivity index (χ2n) is 4.75. The number of ether oxygens (including phenoxy) is 1. The average Bonchev–Trinajstić information content (AvgIpc) is 2.50. The van der Waals surface area contributed by atoms with Crippen molar-refractivity contribution in [2.75, 3.05) is 31.1 Å².